The van der Waals surface area contributed by atoms with Crippen molar-refractivity contribution in [2.24, 2.45) is 0 Å². The summed E-state index contributed by atoms with van der Waals surface area (Å²) in [6.07, 6.45) is 0.250. The highest BCUT2D eigenvalue weighted by Gasteiger charge is 2.15. The average Bonchev–Trinajstić information content (AvgIpc) is 2.57. The molecule has 6 heteroatoms. The van der Waals surface area contributed by atoms with Crippen LogP contribution in [0.1, 0.15) is 24.4 Å². The van der Waals surface area contributed by atoms with Gasteiger partial charge >= 0.3 is 6.15 Å². The van der Waals surface area contributed by atoms with Crippen LogP contribution in [0.3, 0.4) is 0 Å². The fourth-order valence-corrected chi connectivity index (χ4v) is 2.98. The molecule has 0 bridgehead atoms. The van der Waals surface area contributed by atoms with Gasteiger partial charge in [0.25, 0.3) is 5.56 Å². The molecule has 0 radical (unpaired) electrons. The lowest BCUT2D eigenvalue weighted by Gasteiger charge is -2.18. The van der Waals surface area contributed by atoms with Crippen LogP contribution in [0.4, 0.5) is 0 Å². The van der Waals surface area contributed by atoms with E-state index in [9.17, 15) is 4.79 Å². The first kappa shape index (κ1) is 17.8. The van der Waals surface area contributed by atoms with E-state index in [1.165, 1.54) is 0 Å². The molecule has 0 aliphatic carbocycles. The summed E-state index contributed by atoms with van der Waals surface area (Å²) < 4.78 is 2.64. The number of carbonyl (C=O) groups excluding carboxylic acids is 2. The Bertz CT molecular complexity index is 946. The highest BCUT2D eigenvalue weighted by molar-refractivity contribution is 9.10. The molecule has 24 heavy (non-hydrogen) atoms. The molecule has 1 unspecified atom stereocenters. The number of aryl methyl sites for hydroxylation is 1. The van der Waals surface area contributed by atoms with E-state index in [1.54, 1.807) is 4.57 Å². The Balaban J connectivity index is 0.000000647. The molecule has 0 spiro atoms. The van der Waals surface area contributed by atoms with Crippen LogP contribution in [0, 0.1) is 6.92 Å². The molecule has 0 fully saturated rings. The van der Waals surface area contributed by atoms with Gasteiger partial charge in [-0.1, -0.05) is 46.3 Å². The number of halogens is 1. The monoisotopic (exact) mass is 386 g/mol. The smallest absolute Gasteiger partial charge is 0.289 e. The Morgan fingerprint density at radius 1 is 1.12 bits per heavy atom. The minimum absolute atomic E-state index is 0.00449. The molecule has 5 nitrogen and oxygen atoms in total. The van der Waals surface area contributed by atoms with Crippen molar-refractivity contribution in [2.45, 2.75) is 19.9 Å². The third kappa shape index (κ3) is 3.67. The maximum absolute atomic E-state index is 12.8. The van der Waals surface area contributed by atoms with Crippen LogP contribution in [0.2, 0.25) is 0 Å². The normalized spacial score (nSPS) is 11.3. The molecule has 0 saturated heterocycles. The topological polar surface area (TPSA) is 69.0 Å². The number of hydrogen-bond donors (Lipinski definition) is 0. The van der Waals surface area contributed by atoms with Crippen LogP contribution in [-0.4, -0.2) is 15.7 Å². The Kier molecular flexibility index (Phi) is 5.79. The van der Waals surface area contributed by atoms with Crippen molar-refractivity contribution in [1.82, 2.24) is 9.55 Å². The first-order valence-electron chi connectivity index (χ1n) is 7.22. The average molecular weight is 387 g/mol. The van der Waals surface area contributed by atoms with E-state index in [4.69, 9.17) is 9.59 Å². The van der Waals surface area contributed by atoms with Gasteiger partial charge in [0.2, 0.25) is 0 Å². The van der Waals surface area contributed by atoms with Crippen LogP contribution >= 0.6 is 15.9 Å². The van der Waals surface area contributed by atoms with Crippen molar-refractivity contribution in [3.63, 3.8) is 0 Å². The molecule has 0 aliphatic rings. The van der Waals surface area contributed by atoms with Crippen molar-refractivity contribution >= 4 is 33.0 Å². The second-order valence-corrected chi connectivity index (χ2v) is 6.08. The second kappa shape index (κ2) is 7.81. The van der Waals surface area contributed by atoms with E-state index in [2.05, 4.69) is 20.9 Å². The number of hydrogen-bond acceptors (Lipinski definition) is 4. The molecule has 1 heterocycles. The molecule has 0 amide bonds. The molecule has 2 aromatic carbocycles. The van der Waals surface area contributed by atoms with Gasteiger partial charge in [0.15, 0.2) is 0 Å². The van der Waals surface area contributed by atoms with E-state index >= 15 is 0 Å². The lowest BCUT2D eigenvalue weighted by Crippen LogP contribution is -2.27. The Hall–Kier alpha value is -2.56. The quantitative estimate of drug-likeness (QED) is 0.675. The molecule has 3 aromatic rings. The lowest BCUT2D eigenvalue weighted by molar-refractivity contribution is -0.191. The molecule has 1 atom stereocenters. The zero-order chi connectivity index (χ0) is 17.7. The summed E-state index contributed by atoms with van der Waals surface area (Å²) in [6.45, 7) is 3.90. The lowest BCUT2D eigenvalue weighted by atomic mass is 10.1. The summed E-state index contributed by atoms with van der Waals surface area (Å²) in [5.74, 6) is 0.728. The van der Waals surface area contributed by atoms with Crippen molar-refractivity contribution in [3.8, 4) is 0 Å². The molecule has 1 aromatic heterocycles. The third-order valence-corrected chi connectivity index (χ3v) is 4.20. The van der Waals surface area contributed by atoms with Gasteiger partial charge in [0.1, 0.15) is 5.82 Å². The van der Waals surface area contributed by atoms with Crippen LogP contribution in [-0.2, 0) is 9.59 Å². The van der Waals surface area contributed by atoms with E-state index < -0.39 is 0 Å². The number of nitrogens with zero attached hydrogens (tertiary/aromatic N) is 2. The van der Waals surface area contributed by atoms with Crippen molar-refractivity contribution < 1.29 is 9.59 Å². The molecular formula is C18H15BrN2O3. The molecular weight excluding hydrogens is 372 g/mol. The van der Waals surface area contributed by atoms with Crippen LogP contribution < -0.4 is 5.56 Å². The van der Waals surface area contributed by atoms with Gasteiger partial charge in [-0.3, -0.25) is 9.36 Å². The fourth-order valence-electron chi connectivity index (χ4n) is 2.62. The van der Waals surface area contributed by atoms with Gasteiger partial charge in [-0.15, -0.1) is 0 Å². The standard InChI is InChI=1S/C17H15BrN2O.CO2/c1-11(13-6-4-3-5-7-13)20-12(2)19-16-9-8-14(18)10-15(16)17(20)21;2-1-3/h3-11H,1-2H3;. The molecule has 0 aliphatic heterocycles. The fraction of sp³-hybridized carbons (Fsp3) is 0.167. The van der Waals surface area contributed by atoms with Crippen LogP contribution in [0.5, 0.6) is 0 Å². The van der Waals surface area contributed by atoms with Gasteiger partial charge in [-0.25, -0.2) is 4.98 Å². The summed E-state index contributed by atoms with van der Waals surface area (Å²) in [7, 11) is 0. The highest BCUT2D eigenvalue weighted by Crippen LogP contribution is 2.20. The Morgan fingerprint density at radius 3 is 2.38 bits per heavy atom. The predicted octanol–water partition coefficient (Wildman–Crippen LogP) is 3.49. The van der Waals surface area contributed by atoms with Gasteiger partial charge in [-0.05, 0) is 37.6 Å². The highest BCUT2D eigenvalue weighted by atomic mass is 79.9. The first-order chi connectivity index (χ1) is 11.5. The summed E-state index contributed by atoms with van der Waals surface area (Å²) in [5.41, 5.74) is 1.83. The van der Waals surface area contributed by atoms with E-state index in [0.717, 1.165) is 21.4 Å². The third-order valence-electron chi connectivity index (χ3n) is 3.71. The minimum Gasteiger partial charge on any atom is -0.289 e. The second-order valence-electron chi connectivity index (χ2n) is 5.17. The van der Waals surface area contributed by atoms with Crippen LogP contribution in [0.25, 0.3) is 10.9 Å². The molecule has 0 N–H and O–H groups in total. The molecule has 3 rings (SSSR count). The maximum Gasteiger partial charge on any atom is 0.373 e. The number of aromatic nitrogens is 2. The SMILES string of the molecule is Cc1nc2ccc(Br)cc2c(=O)n1C(C)c1ccccc1.O=C=O. The van der Waals surface area contributed by atoms with Crippen molar-refractivity contribution in [3.05, 3.63) is 74.7 Å². The molecule has 122 valence electrons. The Morgan fingerprint density at radius 2 is 1.75 bits per heavy atom. The number of benzene rings is 2. The van der Waals surface area contributed by atoms with Crippen LogP contribution in [0.15, 0.2) is 57.8 Å². The van der Waals surface area contributed by atoms with Gasteiger partial charge in [0, 0.05) is 4.47 Å². The summed E-state index contributed by atoms with van der Waals surface area (Å²) in [6, 6.07) is 15.6. The first-order valence-corrected chi connectivity index (χ1v) is 8.01. The number of rotatable bonds is 2. The van der Waals surface area contributed by atoms with E-state index in [-0.39, 0.29) is 17.8 Å². The minimum atomic E-state index is -0.0467. The van der Waals surface area contributed by atoms with Crippen molar-refractivity contribution in [1.29, 1.82) is 0 Å². The summed E-state index contributed by atoms with van der Waals surface area (Å²) >= 11 is 3.42. The van der Waals surface area contributed by atoms with Gasteiger partial charge in [0.05, 0.1) is 16.9 Å². The van der Waals surface area contributed by atoms with E-state index in [1.807, 2.05) is 62.4 Å². The zero-order valence-electron chi connectivity index (χ0n) is 13.2. The van der Waals surface area contributed by atoms with Gasteiger partial charge < -0.3 is 0 Å². The zero-order valence-corrected chi connectivity index (χ0v) is 14.8. The molecule has 0 saturated carbocycles. The summed E-state index contributed by atoms with van der Waals surface area (Å²) in [5, 5.41) is 0.637. The Labute approximate surface area is 147 Å². The van der Waals surface area contributed by atoms with E-state index in [0.29, 0.717) is 5.39 Å². The van der Waals surface area contributed by atoms with Gasteiger partial charge in [-0.2, -0.15) is 9.59 Å². The number of fused-ring (bicyclic) bond motifs is 1. The summed E-state index contributed by atoms with van der Waals surface area (Å²) in [4.78, 5) is 33.6. The maximum atomic E-state index is 12.8. The van der Waals surface area contributed by atoms with Crippen molar-refractivity contribution in [2.75, 3.05) is 0 Å². The largest absolute Gasteiger partial charge is 0.373 e. The predicted molar refractivity (Wildman–Crippen MR) is 93.7 cm³/mol.